The molecular weight excluding hydrogens is 283 g/mol. The molecule has 0 amide bonds. The lowest BCUT2D eigenvalue weighted by molar-refractivity contribution is 0.456. The molecule has 0 fully saturated rings. The van der Waals surface area contributed by atoms with Gasteiger partial charge in [-0.2, -0.15) is 5.26 Å². The Morgan fingerprint density at radius 1 is 1.21 bits per heavy atom. The second-order valence-electron chi connectivity index (χ2n) is 4.06. The Balaban J connectivity index is 2.46. The lowest BCUT2D eigenvalue weighted by atomic mass is 10.1. The van der Waals surface area contributed by atoms with Gasteiger partial charge in [-0.15, -0.1) is 0 Å². The van der Waals surface area contributed by atoms with Gasteiger partial charge in [0.25, 0.3) is 0 Å². The fraction of sp³-hybridized carbons (Fsp3) is 0.143. The van der Waals surface area contributed by atoms with E-state index in [1.807, 2.05) is 19.9 Å². The normalized spacial score (nSPS) is 10.1. The van der Waals surface area contributed by atoms with Crippen LogP contribution in [0.1, 0.15) is 16.7 Å². The molecule has 0 aliphatic heterocycles. The molecule has 3 nitrogen and oxygen atoms in total. The second kappa shape index (κ2) is 5.48. The molecule has 0 spiro atoms. The standard InChI is InChI=1S/C14H10Cl2N2O/c1-8-5-11(15)6-9(2)13(8)19-14-12(16)10(7-17)3-4-18-14/h3-6H,1-2H3. The van der Waals surface area contributed by atoms with Crippen LogP contribution >= 0.6 is 23.2 Å². The number of pyridine rings is 1. The third-order valence-electron chi connectivity index (χ3n) is 2.60. The Bertz CT molecular complexity index is 655. The van der Waals surface area contributed by atoms with Gasteiger partial charge >= 0.3 is 0 Å². The smallest absolute Gasteiger partial charge is 0.239 e. The number of rotatable bonds is 2. The summed E-state index contributed by atoms with van der Waals surface area (Å²) in [6.07, 6.45) is 1.49. The predicted molar refractivity (Wildman–Crippen MR) is 75.0 cm³/mol. The number of nitriles is 1. The Labute approximate surface area is 121 Å². The van der Waals surface area contributed by atoms with Crippen molar-refractivity contribution in [2.75, 3.05) is 0 Å². The SMILES string of the molecule is Cc1cc(Cl)cc(C)c1Oc1nccc(C#N)c1Cl. The van der Waals surface area contributed by atoms with Gasteiger partial charge in [0.1, 0.15) is 16.8 Å². The lowest BCUT2D eigenvalue weighted by Crippen LogP contribution is -1.95. The van der Waals surface area contributed by atoms with E-state index in [-0.39, 0.29) is 10.9 Å². The maximum atomic E-state index is 8.92. The Morgan fingerprint density at radius 2 is 1.84 bits per heavy atom. The Hall–Kier alpha value is -1.76. The summed E-state index contributed by atoms with van der Waals surface area (Å²) in [6.45, 7) is 3.77. The molecule has 5 heteroatoms. The van der Waals surface area contributed by atoms with Crippen LogP contribution < -0.4 is 4.74 Å². The van der Waals surface area contributed by atoms with E-state index in [1.165, 1.54) is 12.3 Å². The largest absolute Gasteiger partial charge is 0.437 e. The maximum Gasteiger partial charge on any atom is 0.239 e. The van der Waals surface area contributed by atoms with Crippen molar-refractivity contribution >= 4 is 23.2 Å². The zero-order valence-corrected chi connectivity index (χ0v) is 11.9. The van der Waals surface area contributed by atoms with Crippen molar-refractivity contribution in [1.82, 2.24) is 4.98 Å². The molecule has 19 heavy (non-hydrogen) atoms. The van der Waals surface area contributed by atoms with Gasteiger partial charge in [-0.25, -0.2) is 4.98 Å². The molecule has 2 aromatic rings. The third kappa shape index (κ3) is 2.81. The van der Waals surface area contributed by atoms with Crippen LogP contribution in [0.3, 0.4) is 0 Å². The summed E-state index contributed by atoms with van der Waals surface area (Å²) in [7, 11) is 0. The molecule has 1 aromatic carbocycles. The Kier molecular flexibility index (Phi) is 3.94. The third-order valence-corrected chi connectivity index (χ3v) is 3.19. The van der Waals surface area contributed by atoms with Crippen molar-refractivity contribution in [3.05, 3.63) is 51.1 Å². The summed E-state index contributed by atoms with van der Waals surface area (Å²) in [5.41, 5.74) is 2.09. The highest BCUT2D eigenvalue weighted by molar-refractivity contribution is 6.33. The first kappa shape index (κ1) is 13.7. The zero-order chi connectivity index (χ0) is 14.0. The zero-order valence-electron chi connectivity index (χ0n) is 10.4. The summed E-state index contributed by atoms with van der Waals surface area (Å²) >= 11 is 12.0. The second-order valence-corrected chi connectivity index (χ2v) is 4.87. The summed E-state index contributed by atoms with van der Waals surface area (Å²) in [5.74, 6) is 0.864. The van der Waals surface area contributed by atoms with Crippen molar-refractivity contribution in [1.29, 1.82) is 5.26 Å². The minimum absolute atomic E-state index is 0.207. The molecule has 0 saturated carbocycles. The van der Waals surface area contributed by atoms with E-state index in [0.717, 1.165) is 11.1 Å². The molecule has 1 aromatic heterocycles. The van der Waals surface area contributed by atoms with E-state index in [9.17, 15) is 0 Å². The van der Waals surface area contributed by atoms with E-state index in [4.69, 9.17) is 33.2 Å². The molecule has 2 rings (SSSR count). The quantitative estimate of drug-likeness (QED) is 0.808. The fourth-order valence-corrected chi connectivity index (χ4v) is 2.26. The first-order valence-electron chi connectivity index (χ1n) is 5.52. The minimum atomic E-state index is 0.207. The van der Waals surface area contributed by atoms with E-state index in [0.29, 0.717) is 16.3 Å². The van der Waals surface area contributed by atoms with Crippen LogP contribution in [0.2, 0.25) is 10.0 Å². The van der Waals surface area contributed by atoms with Crippen LogP contribution in [-0.2, 0) is 0 Å². The van der Waals surface area contributed by atoms with Crippen LogP contribution in [0.25, 0.3) is 0 Å². The van der Waals surface area contributed by atoms with Crippen molar-refractivity contribution in [2.45, 2.75) is 13.8 Å². The molecule has 0 bridgehead atoms. The molecule has 0 atom stereocenters. The molecule has 0 saturated heterocycles. The number of hydrogen-bond acceptors (Lipinski definition) is 3. The number of hydrogen-bond donors (Lipinski definition) is 0. The van der Waals surface area contributed by atoms with Crippen molar-refractivity contribution in [3.63, 3.8) is 0 Å². The van der Waals surface area contributed by atoms with E-state index < -0.39 is 0 Å². The van der Waals surface area contributed by atoms with E-state index in [2.05, 4.69) is 4.98 Å². The molecular formula is C14H10Cl2N2O. The lowest BCUT2D eigenvalue weighted by Gasteiger charge is -2.12. The van der Waals surface area contributed by atoms with Gasteiger partial charge in [0.2, 0.25) is 5.88 Å². The van der Waals surface area contributed by atoms with Crippen LogP contribution in [0.5, 0.6) is 11.6 Å². The first-order chi connectivity index (χ1) is 9.02. The average Bonchev–Trinajstić information content (AvgIpc) is 2.35. The van der Waals surface area contributed by atoms with Crippen molar-refractivity contribution in [2.24, 2.45) is 0 Å². The number of benzene rings is 1. The monoisotopic (exact) mass is 292 g/mol. The first-order valence-corrected chi connectivity index (χ1v) is 6.27. The number of ether oxygens (including phenoxy) is 1. The summed E-state index contributed by atoms with van der Waals surface area (Å²) in [4.78, 5) is 4.05. The Morgan fingerprint density at radius 3 is 2.42 bits per heavy atom. The van der Waals surface area contributed by atoms with Gasteiger partial charge < -0.3 is 4.74 Å². The number of aryl methyl sites for hydroxylation is 2. The maximum absolute atomic E-state index is 8.92. The van der Waals surface area contributed by atoms with Gasteiger partial charge in [0.15, 0.2) is 0 Å². The van der Waals surface area contributed by atoms with Crippen LogP contribution in [-0.4, -0.2) is 4.98 Å². The number of aromatic nitrogens is 1. The molecule has 0 unspecified atom stereocenters. The van der Waals surface area contributed by atoms with Crippen molar-refractivity contribution in [3.8, 4) is 17.7 Å². The highest BCUT2D eigenvalue weighted by Crippen LogP contribution is 2.34. The molecule has 0 aliphatic rings. The summed E-state index contributed by atoms with van der Waals surface area (Å²) in [5, 5.41) is 9.77. The summed E-state index contributed by atoms with van der Waals surface area (Å²) in [6, 6.07) is 7.12. The topological polar surface area (TPSA) is 45.9 Å². The van der Waals surface area contributed by atoms with Crippen LogP contribution in [0.4, 0.5) is 0 Å². The van der Waals surface area contributed by atoms with Gasteiger partial charge in [-0.1, -0.05) is 23.2 Å². The van der Waals surface area contributed by atoms with Gasteiger partial charge in [0, 0.05) is 11.2 Å². The minimum Gasteiger partial charge on any atom is -0.437 e. The fourth-order valence-electron chi connectivity index (χ4n) is 1.74. The highest BCUT2D eigenvalue weighted by atomic mass is 35.5. The molecule has 0 N–H and O–H groups in total. The van der Waals surface area contributed by atoms with Gasteiger partial charge in [0.05, 0.1) is 5.56 Å². The van der Waals surface area contributed by atoms with E-state index in [1.54, 1.807) is 12.1 Å². The number of nitrogens with zero attached hydrogens (tertiary/aromatic N) is 2. The predicted octanol–water partition coefficient (Wildman–Crippen LogP) is 4.67. The average molecular weight is 293 g/mol. The van der Waals surface area contributed by atoms with Crippen LogP contribution in [0, 0.1) is 25.2 Å². The highest BCUT2D eigenvalue weighted by Gasteiger charge is 2.13. The molecule has 0 radical (unpaired) electrons. The molecule has 96 valence electrons. The van der Waals surface area contributed by atoms with Crippen molar-refractivity contribution < 1.29 is 4.74 Å². The van der Waals surface area contributed by atoms with Gasteiger partial charge in [-0.05, 0) is 43.2 Å². The number of halogens is 2. The summed E-state index contributed by atoms with van der Waals surface area (Å²) < 4.78 is 5.72. The van der Waals surface area contributed by atoms with Crippen LogP contribution in [0.15, 0.2) is 24.4 Å². The molecule has 1 heterocycles. The van der Waals surface area contributed by atoms with Gasteiger partial charge in [-0.3, -0.25) is 0 Å². The van der Waals surface area contributed by atoms with E-state index >= 15 is 0 Å². The molecule has 0 aliphatic carbocycles.